The summed E-state index contributed by atoms with van der Waals surface area (Å²) in [6, 6.07) is 5.09. The molecule has 0 radical (unpaired) electrons. The molecule has 128 valence electrons. The fourth-order valence-electron chi connectivity index (χ4n) is 2.07. The van der Waals surface area contributed by atoms with Crippen LogP contribution in [0.3, 0.4) is 0 Å². The van der Waals surface area contributed by atoms with Gasteiger partial charge in [-0.25, -0.2) is 4.79 Å². The van der Waals surface area contributed by atoms with E-state index in [1.807, 2.05) is 0 Å². The fourth-order valence-corrected chi connectivity index (χ4v) is 2.96. The van der Waals surface area contributed by atoms with E-state index in [1.165, 1.54) is 14.2 Å². The third-order valence-corrected chi connectivity index (χ3v) is 4.18. The van der Waals surface area contributed by atoms with Gasteiger partial charge in [-0.3, -0.25) is 14.5 Å². The summed E-state index contributed by atoms with van der Waals surface area (Å²) in [6.45, 7) is 1.75. The highest BCUT2D eigenvalue weighted by molar-refractivity contribution is 8.18. The van der Waals surface area contributed by atoms with Crippen LogP contribution in [0.5, 0.6) is 11.5 Å². The average molecular weight is 351 g/mol. The Bertz CT molecular complexity index is 700. The number of likely N-dealkylation sites (N-methyl/N-ethyl adjacent to an activating group) is 1. The highest BCUT2D eigenvalue weighted by atomic mass is 32.2. The zero-order valence-corrected chi connectivity index (χ0v) is 14.3. The molecule has 2 amide bonds. The third kappa shape index (κ3) is 3.70. The molecule has 1 aromatic rings. The van der Waals surface area contributed by atoms with Gasteiger partial charge in [-0.05, 0) is 30.8 Å². The Morgan fingerprint density at radius 1 is 1.29 bits per heavy atom. The van der Waals surface area contributed by atoms with Crippen LogP contribution in [-0.2, 0) is 14.3 Å². The number of hydrogen-bond acceptors (Lipinski definition) is 7. The van der Waals surface area contributed by atoms with Crippen LogP contribution in [0.1, 0.15) is 12.5 Å². The first-order chi connectivity index (χ1) is 11.5. The van der Waals surface area contributed by atoms with E-state index in [1.54, 1.807) is 31.2 Å². The van der Waals surface area contributed by atoms with Crippen LogP contribution in [0.4, 0.5) is 4.79 Å². The summed E-state index contributed by atoms with van der Waals surface area (Å²) >= 11 is 0.863. The van der Waals surface area contributed by atoms with E-state index in [9.17, 15) is 14.4 Å². The van der Waals surface area contributed by atoms with Crippen molar-refractivity contribution in [3.63, 3.8) is 0 Å². The Labute approximate surface area is 143 Å². The number of rotatable bonds is 6. The van der Waals surface area contributed by atoms with Gasteiger partial charge in [0.05, 0.1) is 19.1 Å². The number of nitrogens with zero attached hydrogens (tertiary/aromatic N) is 1. The second-order valence-electron chi connectivity index (χ2n) is 4.67. The summed E-state index contributed by atoms with van der Waals surface area (Å²) in [7, 11) is 2.73. The molecule has 24 heavy (non-hydrogen) atoms. The van der Waals surface area contributed by atoms with E-state index in [2.05, 4.69) is 4.74 Å². The second-order valence-corrected chi connectivity index (χ2v) is 5.66. The Hall–Kier alpha value is -2.48. The number of para-hydroxylation sites is 1. The molecule has 0 N–H and O–H groups in total. The summed E-state index contributed by atoms with van der Waals surface area (Å²) < 4.78 is 15.3. The van der Waals surface area contributed by atoms with Crippen LogP contribution < -0.4 is 9.47 Å². The van der Waals surface area contributed by atoms with Gasteiger partial charge >= 0.3 is 5.97 Å². The standard InChI is InChI=1S/C16H17NO6S/c1-4-17-15(19)12(24-16(17)20)8-10-6-5-7-11(21-2)14(10)23-9-13(18)22-3/h5-8H,4,9H2,1-3H3/b12-8+. The predicted octanol–water partition coefficient (Wildman–Crippen LogP) is 2.30. The van der Waals surface area contributed by atoms with Crippen molar-refractivity contribution in [3.8, 4) is 11.5 Å². The first-order valence-corrected chi connectivity index (χ1v) is 7.95. The lowest BCUT2D eigenvalue weighted by Crippen LogP contribution is -2.27. The molecule has 8 heteroatoms. The molecule has 0 atom stereocenters. The Balaban J connectivity index is 2.36. The van der Waals surface area contributed by atoms with E-state index in [0.29, 0.717) is 23.6 Å². The quantitative estimate of drug-likeness (QED) is 0.574. The number of amides is 2. The first-order valence-electron chi connectivity index (χ1n) is 7.13. The highest BCUT2D eigenvalue weighted by Gasteiger charge is 2.34. The maximum Gasteiger partial charge on any atom is 0.343 e. The van der Waals surface area contributed by atoms with Crippen molar-refractivity contribution >= 4 is 35.0 Å². The molecule has 0 unspecified atom stereocenters. The number of carbonyl (C=O) groups is 3. The molecule has 1 saturated heterocycles. The summed E-state index contributed by atoms with van der Waals surface area (Å²) in [5.74, 6) is -0.191. The molecule has 0 bridgehead atoms. The molecular weight excluding hydrogens is 334 g/mol. The number of carbonyl (C=O) groups excluding carboxylic acids is 3. The number of imide groups is 1. The second kappa shape index (κ2) is 7.87. The molecular formula is C16H17NO6S. The molecule has 1 fully saturated rings. The summed E-state index contributed by atoms with van der Waals surface area (Å²) in [4.78, 5) is 36.7. The zero-order valence-electron chi connectivity index (χ0n) is 13.5. The average Bonchev–Trinajstić information content (AvgIpc) is 2.86. The molecule has 7 nitrogen and oxygen atoms in total. The lowest BCUT2D eigenvalue weighted by atomic mass is 10.1. The SMILES string of the molecule is CCN1C(=O)S/C(=C/c2cccc(OC)c2OCC(=O)OC)C1=O. The maximum absolute atomic E-state index is 12.2. The number of benzene rings is 1. The van der Waals surface area contributed by atoms with E-state index in [4.69, 9.17) is 9.47 Å². The lowest BCUT2D eigenvalue weighted by Gasteiger charge is -2.13. The van der Waals surface area contributed by atoms with Gasteiger partial charge in [0.15, 0.2) is 18.1 Å². The first kappa shape index (κ1) is 17.9. The number of hydrogen-bond donors (Lipinski definition) is 0. The van der Waals surface area contributed by atoms with Crippen molar-refractivity contribution in [2.45, 2.75) is 6.92 Å². The van der Waals surface area contributed by atoms with Gasteiger partial charge in [0.1, 0.15) is 0 Å². The molecule has 2 rings (SSSR count). The topological polar surface area (TPSA) is 82.1 Å². The number of thioether (sulfide) groups is 1. The highest BCUT2D eigenvalue weighted by Crippen LogP contribution is 2.37. The number of methoxy groups -OCH3 is 2. The zero-order chi connectivity index (χ0) is 17.7. The molecule has 1 aromatic carbocycles. The third-order valence-electron chi connectivity index (χ3n) is 3.27. The predicted molar refractivity (Wildman–Crippen MR) is 88.9 cm³/mol. The van der Waals surface area contributed by atoms with E-state index in [0.717, 1.165) is 16.7 Å². The van der Waals surface area contributed by atoms with Crippen LogP contribution in [0, 0.1) is 0 Å². The van der Waals surface area contributed by atoms with Crippen LogP contribution in [0.15, 0.2) is 23.1 Å². The van der Waals surface area contributed by atoms with Gasteiger partial charge in [-0.2, -0.15) is 0 Å². The molecule has 1 aliphatic rings. The largest absolute Gasteiger partial charge is 0.493 e. The fraction of sp³-hybridized carbons (Fsp3) is 0.312. The van der Waals surface area contributed by atoms with Crippen molar-refractivity contribution in [2.24, 2.45) is 0 Å². The summed E-state index contributed by atoms with van der Waals surface area (Å²) in [5.41, 5.74) is 0.528. The van der Waals surface area contributed by atoms with Gasteiger partial charge in [-0.1, -0.05) is 12.1 Å². The van der Waals surface area contributed by atoms with Crippen molar-refractivity contribution in [2.75, 3.05) is 27.4 Å². The van der Waals surface area contributed by atoms with Crippen LogP contribution in [-0.4, -0.2) is 49.4 Å². The van der Waals surface area contributed by atoms with Crippen molar-refractivity contribution in [1.29, 1.82) is 0 Å². The van der Waals surface area contributed by atoms with Crippen LogP contribution >= 0.6 is 11.8 Å². The molecule has 1 heterocycles. The smallest absolute Gasteiger partial charge is 0.343 e. The molecule has 1 aliphatic heterocycles. The van der Waals surface area contributed by atoms with E-state index < -0.39 is 5.97 Å². The lowest BCUT2D eigenvalue weighted by molar-refractivity contribution is -0.143. The van der Waals surface area contributed by atoms with Gasteiger partial charge in [-0.15, -0.1) is 0 Å². The molecule has 0 spiro atoms. The minimum absolute atomic E-state index is 0.290. The van der Waals surface area contributed by atoms with Gasteiger partial charge < -0.3 is 14.2 Å². The van der Waals surface area contributed by atoms with E-state index in [-0.39, 0.29) is 22.7 Å². The summed E-state index contributed by atoms with van der Waals surface area (Å²) in [5, 5.41) is -0.311. The van der Waals surface area contributed by atoms with Crippen LogP contribution in [0.25, 0.3) is 6.08 Å². The van der Waals surface area contributed by atoms with Gasteiger partial charge in [0.2, 0.25) is 0 Å². The monoisotopic (exact) mass is 351 g/mol. The van der Waals surface area contributed by atoms with Crippen LogP contribution in [0.2, 0.25) is 0 Å². The summed E-state index contributed by atoms with van der Waals surface area (Å²) in [6.07, 6.45) is 1.55. The van der Waals surface area contributed by atoms with Gasteiger partial charge in [0.25, 0.3) is 11.1 Å². The molecule has 0 aliphatic carbocycles. The Morgan fingerprint density at radius 2 is 2.04 bits per heavy atom. The Morgan fingerprint density at radius 3 is 2.62 bits per heavy atom. The maximum atomic E-state index is 12.2. The van der Waals surface area contributed by atoms with Crippen molar-refractivity contribution in [3.05, 3.63) is 28.7 Å². The van der Waals surface area contributed by atoms with Crippen molar-refractivity contribution < 1.29 is 28.6 Å². The number of esters is 1. The molecule has 0 saturated carbocycles. The van der Waals surface area contributed by atoms with Crippen molar-refractivity contribution in [1.82, 2.24) is 4.90 Å². The normalized spacial score (nSPS) is 15.8. The Kier molecular flexibility index (Phi) is 5.86. The van der Waals surface area contributed by atoms with Gasteiger partial charge in [0, 0.05) is 12.1 Å². The minimum atomic E-state index is -0.543. The van der Waals surface area contributed by atoms with E-state index >= 15 is 0 Å². The number of ether oxygens (including phenoxy) is 3. The minimum Gasteiger partial charge on any atom is -0.493 e. The molecule has 0 aromatic heterocycles.